The Morgan fingerprint density at radius 1 is 0.444 bits per heavy atom. The van der Waals surface area contributed by atoms with Crippen LogP contribution in [0.15, 0.2) is 137 Å². The van der Waals surface area contributed by atoms with Gasteiger partial charge >= 0.3 is 0 Å². The van der Waals surface area contributed by atoms with Crippen LogP contribution in [0.25, 0.3) is 0 Å². The number of rotatable bonds is 21. The fraction of sp³-hybridized carbons (Fsp3) is 0.263. The highest BCUT2D eigenvalue weighted by Gasteiger charge is 2.56. The molecular weight excluding hydrogens is 956 g/mol. The van der Waals surface area contributed by atoms with Crippen molar-refractivity contribution in [1.29, 1.82) is 0 Å². The number of ether oxygens (including phenoxy) is 7. The van der Waals surface area contributed by atoms with Crippen molar-refractivity contribution in [3.8, 4) is 46.0 Å². The summed E-state index contributed by atoms with van der Waals surface area (Å²) in [7, 11) is 1.53. The molecule has 0 saturated carbocycles. The maximum Gasteiger partial charge on any atom is 0.206 e. The molecule has 0 bridgehead atoms. The van der Waals surface area contributed by atoms with Crippen LogP contribution in [-0.2, 0) is 47.8 Å². The fourth-order valence-electron chi connectivity index (χ4n) is 9.32. The monoisotopic (exact) mass is 1020 g/mol. The van der Waals surface area contributed by atoms with E-state index in [4.69, 9.17) is 33.2 Å². The lowest BCUT2D eigenvalue weighted by atomic mass is 9.77. The number of sulfone groups is 1. The molecule has 0 aliphatic heterocycles. The Morgan fingerprint density at radius 2 is 0.903 bits per heavy atom. The Kier molecular flexibility index (Phi) is 16.6. The van der Waals surface area contributed by atoms with Gasteiger partial charge in [-0.05, 0) is 115 Å². The molecule has 0 aliphatic rings. The lowest BCUT2D eigenvalue weighted by Crippen LogP contribution is -2.40. The van der Waals surface area contributed by atoms with E-state index in [1.807, 2.05) is 43.3 Å². The van der Waals surface area contributed by atoms with E-state index in [1.165, 1.54) is 47.7 Å². The molecule has 0 aliphatic carbocycles. The van der Waals surface area contributed by atoms with Crippen molar-refractivity contribution < 1.29 is 62.0 Å². The third-order valence-electron chi connectivity index (χ3n) is 13.1. The van der Waals surface area contributed by atoms with Gasteiger partial charge in [-0.2, -0.15) is 0 Å². The normalized spacial score (nSPS) is 12.5. The van der Waals surface area contributed by atoms with Crippen LogP contribution < -0.4 is 49.1 Å². The summed E-state index contributed by atoms with van der Waals surface area (Å²) in [5, 5.41) is 46.9. The number of aryl methyl sites for hydroxylation is 1. The van der Waals surface area contributed by atoms with E-state index >= 15 is 0 Å². The van der Waals surface area contributed by atoms with Crippen molar-refractivity contribution in [3.63, 3.8) is 0 Å². The van der Waals surface area contributed by atoms with Gasteiger partial charge < -0.3 is 53.6 Å². The van der Waals surface area contributed by atoms with Crippen LogP contribution in [0, 0.1) is 6.92 Å². The third-order valence-corrected chi connectivity index (χ3v) is 19.5. The summed E-state index contributed by atoms with van der Waals surface area (Å²) in [6, 6.07) is 37.0. The summed E-state index contributed by atoms with van der Waals surface area (Å²) in [5.41, 5.74) is 4.46. The van der Waals surface area contributed by atoms with E-state index in [0.29, 0.717) is 89.7 Å². The zero-order valence-corrected chi connectivity index (χ0v) is 43.7. The second kappa shape index (κ2) is 22.4. The standard InChI is InChI=1S/C57H62O13PS/c1-36-10-19-48(20-11-36)72(62,63)49-21-17-45(18-22-49)70-50-23-14-43(57(2,3)42-12-15-44(64-4)16-13-42)26-41(50)35-71(54-38(32-59)27-46(65-5)28-39(54)33-60,55-40(34-61)29-47(66-6)30-53(55)69-9)56-51(67-7)24-37(31-58)25-52(56)68-8/h10-30,58-61H,31-35H2,1-9H3/q+1. The lowest BCUT2D eigenvalue weighted by Gasteiger charge is -2.35. The molecule has 1 unspecified atom stereocenters. The van der Waals surface area contributed by atoms with Crippen molar-refractivity contribution in [3.05, 3.63) is 172 Å². The Balaban J connectivity index is 1.63. The molecule has 4 N–H and O–H groups in total. The van der Waals surface area contributed by atoms with E-state index in [1.54, 1.807) is 79.9 Å². The number of hydrogen-bond donors (Lipinski definition) is 4. The first-order valence-corrected chi connectivity index (χ1v) is 26.5. The maximum atomic E-state index is 13.8. The molecule has 1 atom stereocenters. The summed E-state index contributed by atoms with van der Waals surface area (Å²) < 4.78 is 70.5. The molecular formula is C57H62O13PS+. The van der Waals surface area contributed by atoms with Gasteiger partial charge in [-0.15, -0.1) is 0 Å². The van der Waals surface area contributed by atoms with Gasteiger partial charge in [0.25, 0.3) is 0 Å². The van der Waals surface area contributed by atoms with Crippen molar-refractivity contribution in [1.82, 2.24) is 0 Å². The van der Waals surface area contributed by atoms with Crippen LogP contribution in [0.1, 0.15) is 58.4 Å². The molecule has 378 valence electrons. The third kappa shape index (κ3) is 10.2. The van der Waals surface area contributed by atoms with Crippen molar-refractivity contribution in [2.75, 3.05) is 42.7 Å². The molecule has 72 heavy (non-hydrogen) atoms. The van der Waals surface area contributed by atoms with Crippen LogP contribution >= 0.6 is 7.26 Å². The second-order valence-electron chi connectivity index (χ2n) is 17.6. The zero-order chi connectivity index (χ0) is 52.0. The van der Waals surface area contributed by atoms with Gasteiger partial charge in [-0.3, -0.25) is 0 Å². The lowest BCUT2D eigenvalue weighted by molar-refractivity contribution is 0.276. The summed E-state index contributed by atoms with van der Waals surface area (Å²) >= 11 is 0. The molecule has 0 heterocycles. The highest BCUT2D eigenvalue weighted by Crippen LogP contribution is 2.66. The first-order valence-electron chi connectivity index (χ1n) is 23.0. The number of aliphatic hydroxyl groups excluding tert-OH is 4. The number of aliphatic hydroxyl groups is 4. The highest BCUT2D eigenvalue weighted by atomic mass is 32.2. The average molecular weight is 1020 g/mol. The second-order valence-corrected chi connectivity index (χ2v) is 22.9. The molecule has 0 amide bonds. The van der Waals surface area contributed by atoms with Crippen molar-refractivity contribution in [2.24, 2.45) is 0 Å². The fourth-order valence-corrected chi connectivity index (χ4v) is 16.0. The summed E-state index contributed by atoms with van der Waals surface area (Å²) in [5.74, 6) is 3.12. The molecule has 13 nitrogen and oxygen atoms in total. The molecule has 0 saturated heterocycles. The van der Waals surface area contributed by atoms with Gasteiger partial charge in [0.05, 0.1) is 78.9 Å². The quantitative estimate of drug-likeness (QED) is 0.0505. The minimum Gasteiger partial charge on any atom is -0.497 e. The molecule has 0 radical (unpaired) electrons. The van der Waals surface area contributed by atoms with E-state index in [9.17, 15) is 28.8 Å². The van der Waals surface area contributed by atoms with Crippen molar-refractivity contribution >= 4 is 33.0 Å². The van der Waals surface area contributed by atoms with Gasteiger partial charge in [-0.25, -0.2) is 8.42 Å². The number of methoxy groups -OCH3 is 6. The van der Waals surface area contributed by atoms with Crippen LogP contribution in [0.3, 0.4) is 0 Å². The van der Waals surface area contributed by atoms with Crippen LogP contribution in [0.4, 0.5) is 0 Å². The SMILES string of the molecule is COc1ccc(C(C)(C)c2ccc(Oc3ccc(S(=O)(=O)c4ccc(C)cc4)cc3)c(C[P+](c3c(CO)cc(OC)cc3CO)(c3c(CO)cc(OC)cc3OC)c3c(OC)cc(CO)cc3OC)c2)cc1. The van der Waals surface area contributed by atoms with Gasteiger partial charge in [0.1, 0.15) is 47.5 Å². The topological polar surface area (TPSA) is 180 Å². The smallest absolute Gasteiger partial charge is 0.206 e. The first kappa shape index (κ1) is 53.2. The molecule has 0 spiro atoms. The van der Waals surface area contributed by atoms with Crippen LogP contribution in [-0.4, -0.2) is 71.5 Å². The van der Waals surface area contributed by atoms with Gasteiger partial charge in [0.2, 0.25) is 9.84 Å². The Morgan fingerprint density at radius 3 is 1.39 bits per heavy atom. The maximum absolute atomic E-state index is 13.8. The average Bonchev–Trinajstić information content (AvgIpc) is 3.41. The first-order chi connectivity index (χ1) is 34.6. The molecule has 15 heteroatoms. The minimum absolute atomic E-state index is 0.0297. The predicted octanol–water partition coefficient (Wildman–Crippen LogP) is 8.46. The predicted molar refractivity (Wildman–Crippen MR) is 280 cm³/mol. The largest absolute Gasteiger partial charge is 0.497 e. The number of benzene rings is 7. The van der Waals surface area contributed by atoms with Crippen molar-refractivity contribution in [2.45, 2.75) is 68.6 Å². The summed E-state index contributed by atoms with van der Waals surface area (Å²) in [6.45, 7) is 4.22. The van der Waals surface area contributed by atoms with Crippen LogP contribution in [0.5, 0.6) is 46.0 Å². The Labute approximate surface area is 422 Å². The molecule has 7 aromatic carbocycles. The van der Waals surface area contributed by atoms with E-state index in [2.05, 4.69) is 19.9 Å². The summed E-state index contributed by atoms with van der Waals surface area (Å²) in [4.78, 5) is 0.248. The molecule has 0 fully saturated rings. The molecule has 0 aromatic heterocycles. The highest BCUT2D eigenvalue weighted by molar-refractivity contribution is 7.95. The van der Waals surface area contributed by atoms with E-state index < -0.39 is 42.3 Å². The number of hydrogen-bond acceptors (Lipinski definition) is 13. The van der Waals surface area contributed by atoms with Gasteiger partial charge in [-0.1, -0.05) is 49.7 Å². The zero-order valence-electron chi connectivity index (χ0n) is 42.0. The van der Waals surface area contributed by atoms with Gasteiger partial charge in [0.15, 0.2) is 27.9 Å². The van der Waals surface area contributed by atoms with Gasteiger partial charge in [0, 0.05) is 33.7 Å². The van der Waals surface area contributed by atoms with E-state index in [-0.39, 0.29) is 22.6 Å². The Bertz CT molecular complexity index is 2910. The Hall–Kier alpha value is -6.64. The molecule has 7 rings (SSSR count). The van der Waals surface area contributed by atoms with E-state index in [0.717, 1.165) is 16.7 Å². The minimum atomic E-state index is -3.87. The van der Waals surface area contributed by atoms with Crippen LogP contribution in [0.2, 0.25) is 0 Å². The summed E-state index contributed by atoms with van der Waals surface area (Å²) in [6.07, 6.45) is 0.0297. The molecule has 7 aromatic rings.